The fourth-order valence-electron chi connectivity index (χ4n) is 4.22. The van der Waals surface area contributed by atoms with Gasteiger partial charge in [-0.05, 0) is 49.8 Å². The van der Waals surface area contributed by atoms with Crippen LogP contribution >= 0.6 is 0 Å². The molecule has 0 aliphatic heterocycles. The minimum absolute atomic E-state index is 0.284. The van der Waals surface area contributed by atoms with Crippen molar-refractivity contribution in [1.29, 1.82) is 0 Å². The molecule has 2 atom stereocenters. The minimum Gasteiger partial charge on any atom is -0.376 e. The van der Waals surface area contributed by atoms with Gasteiger partial charge in [0, 0.05) is 12.2 Å². The first-order valence-corrected chi connectivity index (χ1v) is 12.0. The number of benzene rings is 1. The second-order valence-corrected chi connectivity index (χ2v) is 10.3. The predicted molar refractivity (Wildman–Crippen MR) is 110 cm³/mol. The van der Waals surface area contributed by atoms with Crippen LogP contribution in [0.25, 0.3) is 0 Å². The molecular formula is C21H32N2O4S. The number of urea groups is 1. The van der Waals surface area contributed by atoms with Crippen LogP contribution in [-0.4, -0.2) is 39.0 Å². The van der Waals surface area contributed by atoms with Crippen LogP contribution < -0.4 is 10.6 Å². The van der Waals surface area contributed by atoms with Gasteiger partial charge in [-0.1, -0.05) is 38.7 Å². The summed E-state index contributed by atoms with van der Waals surface area (Å²) in [5.74, 6) is 0.576. The monoisotopic (exact) mass is 408 g/mol. The van der Waals surface area contributed by atoms with Gasteiger partial charge in [0.1, 0.15) is 0 Å². The molecule has 2 aliphatic rings. The molecule has 2 N–H and O–H groups in total. The third kappa shape index (κ3) is 5.47. The molecule has 2 fully saturated rings. The maximum Gasteiger partial charge on any atom is 0.319 e. The Labute approximate surface area is 168 Å². The van der Waals surface area contributed by atoms with Crippen molar-refractivity contribution in [3.63, 3.8) is 0 Å². The van der Waals surface area contributed by atoms with Crippen LogP contribution in [0.2, 0.25) is 0 Å². The first-order chi connectivity index (χ1) is 13.5. The number of hydrogen-bond donors (Lipinski definition) is 2. The van der Waals surface area contributed by atoms with E-state index >= 15 is 0 Å². The van der Waals surface area contributed by atoms with Crippen molar-refractivity contribution in [3.8, 4) is 0 Å². The van der Waals surface area contributed by atoms with E-state index in [9.17, 15) is 13.2 Å². The Bertz CT molecular complexity index is 759. The molecule has 0 unspecified atom stereocenters. The van der Waals surface area contributed by atoms with Crippen molar-refractivity contribution >= 4 is 21.6 Å². The van der Waals surface area contributed by atoms with Crippen molar-refractivity contribution < 1.29 is 17.9 Å². The zero-order valence-electron chi connectivity index (χ0n) is 16.7. The summed E-state index contributed by atoms with van der Waals surface area (Å²) in [5, 5.41) is 5.20. The summed E-state index contributed by atoms with van der Waals surface area (Å²) in [6.45, 7) is 3.13. The fraction of sp³-hybridized carbons (Fsp3) is 0.667. The predicted octanol–water partition coefficient (Wildman–Crippen LogP) is 4.12. The molecule has 0 heterocycles. The molecule has 0 aromatic heterocycles. The Morgan fingerprint density at radius 3 is 2.57 bits per heavy atom. The van der Waals surface area contributed by atoms with Crippen molar-refractivity contribution in [1.82, 2.24) is 5.32 Å². The van der Waals surface area contributed by atoms with Gasteiger partial charge in [-0.3, -0.25) is 0 Å². The van der Waals surface area contributed by atoms with Crippen molar-refractivity contribution in [2.75, 3.05) is 18.5 Å². The fourth-order valence-corrected chi connectivity index (χ4v) is 6.12. The van der Waals surface area contributed by atoms with Gasteiger partial charge in [0.25, 0.3) is 0 Å². The molecule has 2 amide bonds. The lowest BCUT2D eigenvalue weighted by atomic mass is 9.88. The molecule has 1 aromatic rings. The Hall–Kier alpha value is -1.60. The Morgan fingerprint density at radius 2 is 1.82 bits per heavy atom. The highest BCUT2D eigenvalue weighted by Crippen LogP contribution is 2.30. The molecule has 0 radical (unpaired) electrons. The number of carbonyl (C=O) groups excluding carboxylic acids is 1. The summed E-state index contributed by atoms with van der Waals surface area (Å²) >= 11 is 0. The number of rotatable bonds is 7. The van der Waals surface area contributed by atoms with Gasteiger partial charge in [0.15, 0.2) is 9.84 Å². The van der Waals surface area contributed by atoms with E-state index in [1.54, 1.807) is 24.3 Å². The van der Waals surface area contributed by atoms with Crippen LogP contribution in [0.4, 0.5) is 10.5 Å². The van der Waals surface area contributed by atoms with Gasteiger partial charge >= 0.3 is 6.03 Å². The zero-order valence-corrected chi connectivity index (χ0v) is 17.5. The quantitative estimate of drug-likeness (QED) is 0.665. The first-order valence-electron chi connectivity index (χ1n) is 10.5. The molecule has 0 bridgehead atoms. The molecule has 0 spiro atoms. The summed E-state index contributed by atoms with van der Waals surface area (Å²) in [5.41, 5.74) is 0.485. The van der Waals surface area contributed by atoms with E-state index in [0.29, 0.717) is 24.8 Å². The smallest absolute Gasteiger partial charge is 0.319 e. The summed E-state index contributed by atoms with van der Waals surface area (Å²) in [6, 6.07) is 6.18. The molecule has 156 valence electrons. The summed E-state index contributed by atoms with van der Waals surface area (Å²) in [4.78, 5) is 12.4. The number of ether oxygens (including phenoxy) is 1. The second kappa shape index (κ2) is 9.74. The first kappa shape index (κ1) is 21.1. The van der Waals surface area contributed by atoms with E-state index in [2.05, 4.69) is 17.6 Å². The molecule has 0 saturated heterocycles. The van der Waals surface area contributed by atoms with Gasteiger partial charge in [-0.15, -0.1) is 0 Å². The maximum atomic E-state index is 12.7. The third-order valence-corrected chi connectivity index (χ3v) is 8.17. The van der Waals surface area contributed by atoms with Gasteiger partial charge in [-0.25, -0.2) is 13.2 Å². The number of amides is 2. The molecule has 1 aromatic carbocycles. The molecule has 6 nitrogen and oxygen atoms in total. The lowest BCUT2D eigenvalue weighted by Crippen LogP contribution is -2.34. The topological polar surface area (TPSA) is 84.5 Å². The molecule has 28 heavy (non-hydrogen) atoms. The minimum atomic E-state index is -3.33. The van der Waals surface area contributed by atoms with Crippen LogP contribution in [0.3, 0.4) is 0 Å². The van der Waals surface area contributed by atoms with Crippen molar-refractivity contribution in [2.24, 2.45) is 5.92 Å². The normalized spacial score (nSPS) is 23.5. The lowest BCUT2D eigenvalue weighted by Gasteiger charge is -2.28. The van der Waals surface area contributed by atoms with Crippen molar-refractivity contribution in [2.45, 2.75) is 74.5 Å². The maximum absolute atomic E-state index is 12.7. The van der Waals surface area contributed by atoms with E-state index in [0.717, 1.165) is 32.1 Å². The third-order valence-electron chi connectivity index (χ3n) is 5.91. The van der Waals surface area contributed by atoms with Gasteiger partial charge < -0.3 is 15.4 Å². The summed E-state index contributed by atoms with van der Waals surface area (Å²) in [6.07, 6.45) is 8.45. The molecule has 7 heteroatoms. The average molecular weight is 409 g/mol. The van der Waals surface area contributed by atoms with E-state index in [1.807, 2.05) is 0 Å². The Morgan fingerprint density at radius 1 is 1.11 bits per heavy atom. The number of sulfone groups is 1. The highest BCUT2D eigenvalue weighted by atomic mass is 32.2. The lowest BCUT2D eigenvalue weighted by molar-refractivity contribution is -0.00232. The van der Waals surface area contributed by atoms with E-state index in [1.165, 1.54) is 19.3 Å². The molecule has 3 rings (SSSR count). The number of hydrogen-bond acceptors (Lipinski definition) is 4. The van der Waals surface area contributed by atoms with Gasteiger partial charge in [0.05, 0.1) is 22.9 Å². The van der Waals surface area contributed by atoms with Crippen LogP contribution in [-0.2, 0) is 14.6 Å². The summed E-state index contributed by atoms with van der Waals surface area (Å²) < 4.78 is 31.3. The van der Waals surface area contributed by atoms with Crippen LogP contribution in [0, 0.1) is 5.92 Å². The number of nitrogens with one attached hydrogen (secondary N) is 2. The largest absolute Gasteiger partial charge is 0.376 e. The van der Waals surface area contributed by atoms with Gasteiger partial charge in [0.2, 0.25) is 0 Å². The Kier molecular flexibility index (Phi) is 7.35. The van der Waals surface area contributed by atoms with Crippen molar-refractivity contribution in [3.05, 3.63) is 24.3 Å². The van der Waals surface area contributed by atoms with E-state index < -0.39 is 9.84 Å². The summed E-state index contributed by atoms with van der Waals surface area (Å²) in [7, 11) is -3.33. The van der Waals surface area contributed by atoms with Crippen LogP contribution in [0.15, 0.2) is 29.2 Å². The number of carbonyl (C=O) groups is 1. The van der Waals surface area contributed by atoms with Gasteiger partial charge in [-0.2, -0.15) is 0 Å². The standard InChI is InChI=1S/C21H32N2O4S/c1-16-7-2-5-12-20(16)27-14-13-22-21(24)23-17-8-6-11-19(15-17)28(25,26)18-9-3-4-10-18/h6,8,11,15-16,18,20H,2-5,7,9-10,12-14H2,1H3,(H2,22,23,24)/t16-,20+/m1/s1. The Balaban J connectivity index is 1.46. The average Bonchev–Trinajstić information content (AvgIpc) is 3.22. The van der Waals surface area contributed by atoms with E-state index in [4.69, 9.17) is 4.74 Å². The molecular weight excluding hydrogens is 376 g/mol. The molecule has 2 aliphatic carbocycles. The highest BCUT2D eigenvalue weighted by molar-refractivity contribution is 7.92. The SMILES string of the molecule is C[C@@H]1CCCC[C@@H]1OCCNC(=O)Nc1cccc(S(=O)(=O)C2CCCC2)c1. The highest BCUT2D eigenvalue weighted by Gasteiger charge is 2.30. The van der Waals surface area contributed by atoms with Crippen LogP contribution in [0.5, 0.6) is 0 Å². The number of anilines is 1. The zero-order chi connectivity index (χ0) is 20.0. The second-order valence-electron chi connectivity index (χ2n) is 8.03. The molecule has 2 saturated carbocycles. The van der Waals surface area contributed by atoms with E-state index in [-0.39, 0.29) is 22.3 Å². The van der Waals surface area contributed by atoms with Crippen LogP contribution in [0.1, 0.15) is 58.3 Å².